The van der Waals surface area contributed by atoms with E-state index < -0.39 is 6.10 Å². The van der Waals surface area contributed by atoms with Crippen LogP contribution in [0.2, 0.25) is 10.0 Å². The summed E-state index contributed by atoms with van der Waals surface area (Å²) >= 11 is 13.9. The molecule has 3 nitrogen and oxygen atoms in total. The Balaban J connectivity index is 2.31. The van der Waals surface area contributed by atoms with Gasteiger partial charge in [0.2, 0.25) is 0 Å². The van der Waals surface area contributed by atoms with Crippen LogP contribution in [0.1, 0.15) is 16.8 Å². The zero-order chi connectivity index (χ0) is 12.6. The minimum atomic E-state index is -0.425. The second kappa shape index (κ2) is 5.30. The van der Waals surface area contributed by atoms with E-state index in [4.69, 9.17) is 23.2 Å². The van der Waals surface area contributed by atoms with Gasteiger partial charge < -0.3 is 10.0 Å². The predicted molar refractivity (Wildman–Crippen MR) is 75.7 cm³/mol. The van der Waals surface area contributed by atoms with Crippen LogP contribution in [0.5, 0.6) is 0 Å². The molecule has 1 amide bonds. The molecule has 1 unspecified atom stereocenters. The fraction of sp³-hybridized carbons (Fsp3) is 0.364. The molecule has 0 spiro atoms. The van der Waals surface area contributed by atoms with E-state index in [9.17, 15) is 9.90 Å². The molecular formula is C11H10Cl2INO2. The van der Waals surface area contributed by atoms with Gasteiger partial charge in [-0.3, -0.25) is 4.79 Å². The third kappa shape index (κ3) is 2.86. The van der Waals surface area contributed by atoms with Crippen LogP contribution < -0.4 is 0 Å². The minimum absolute atomic E-state index is 0.129. The number of benzene rings is 1. The van der Waals surface area contributed by atoms with E-state index in [2.05, 4.69) is 0 Å². The van der Waals surface area contributed by atoms with Crippen LogP contribution in [0.15, 0.2) is 12.1 Å². The van der Waals surface area contributed by atoms with E-state index in [1.165, 1.54) is 0 Å². The van der Waals surface area contributed by atoms with Crippen molar-refractivity contribution in [2.75, 3.05) is 13.1 Å². The smallest absolute Gasteiger partial charge is 0.255 e. The lowest BCUT2D eigenvalue weighted by molar-refractivity contribution is 0.0764. The number of nitrogens with zero attached hydrogens (tertiary/aromatic N) is 1. The molecule has 1 saturated heterocycles. The Morgan fingerprint density at radius 1 is 1.47 bits per heavy atom. The van der Waals surface area contributed by atoms with E-state index in [-0.39, 0.29) is 5.91 Å². The first-order valence-corrected chi connectivity index (χ1v) is 6.94. The number of halogens is 3. The second-order valence-corrected chi connectivity index (χ2v) is 5.87. The maximum atomic E-state index is 12.2. The number of likely N-dealkylation sites (tertiary alicyclic amines) is 1. The number of hydrogen-bond acceptors (Lipinski definition) is 2. The lowest BCUT2D eigenvalue weighted by Gasteiger charge is -2.17. The molecule has 92 valence electrons. The molecule has 0 aliphatic carbocycles. The molecule has 1 heterocycles. The average Bonchev–Trinajstić information content (AvgIpc) is 2.69. The Morgan fingerprint density at radius 3 is 2.76 bits per heavy atom. The molecule has 0 radical (unpaired) electrons. The summed E-state index contributed by atoms with van der Waals surface area (Å²) < 4.78 is 0.694. The minimum Gasteiger partial charge on any atom is -0.391 e. The molecule has 1 aromatic rings. The van der Waals surface area contributed by atoms with E-state index in [0.29, 0.717) is 38.7 Å². The predicted octanol–water partition coefficient (Wildman–Crippen LogP) is 2.80. The first-order valence-electron chi connectivity index (χ1n) is 5.11. The Labute approximate surface area is 123 Å². The molecule has 1 atom stereocenters. The summed E-state index contributed by atoms with van der Waals surface area (Å²) in [5.74, 6) is -0.129. The van der Waals surface area contributed by atoms with Crippen molar-refractivity contribution in [3.63, 3.8) is 0 Å². The fourth-order valence-corrected chi connectivity index (χ4v) is 2.84. The monoisotopic (exact) mass is 385 g/mol. The fourth-order valence-electron chi connectivity index (χ4n) is 1.81. The number of aliphatic hydroxyl groups excluding tert-OH is 1. The van der Waals surface area contributed by atoms with E-state index in [1.54, 1.807) is 17.0 Å². The van der Waals surface area contributed by atoms with Gasteiger partial charge in [-0.05, 0) is 41.1 Å². The first-order chi connectivity index (χ1) is 7.99. The van der Waals surface area contributed by atoms with Crippen LogP contribution in [0.4, 0.5) is 0 Å². The van der Waals surface area contributed by atoms with Gasteiger partial charge in [0.1, 0.15) is 0 Å². The third-order valence-electron chi connectivity index (χ3n) is 2.67. The topological polar surface area (TPSA) is 40.5 Å². The van der Waals surface area contributed by atoms with Gasteiger partial charge >= 0.3 is 0 Å². The summed E-state index contributed by atoms with van der Waals surface area (Å²) in [5, 5.41) is 10.3. The van der Waals surface area contributed by atoms with Crippen LogP contribution in [0.3, 0.4) is 0 Å². The van der Waals surface area contributed by atoms with Gasteiger partial charge in [-0.25, -0.2) is 0 Å². The number of carbonyl (C=O) groups excluding carboxylic acids is 1. The summed E-state index contributed by atoms with van der Waals surface area (Å²) in [6.45, 7) is 0.944. The Hall–Kier alpha value is -0.0400. The molecule has 1 fully saturated rings. The molecule has 1 aliphatic rings. The Bertz CT molecular complexity index is 467. The number of rotatable bonds is 1. The van der Waals surface area contributed by atoms with Gasteiger partial charge in [-0.1, -0.05) is 23.2 Å². The summed E-state index contributed by atoms with van der Waals surface area (Å²) in [6, 6.07) is 3.22. The lowest BCUT2D eigenvalue weighted by Crippen LogP contribution is -2.30. The zero-order valence-corrected chi connectivity index (χ0v) is 12.5. The van der Waals surface area contributed by atoms with Crippen molar-refractivity contribution in [1.82, 2.24) is 4.90 Å². The maximum absolute atomic E-state index is 12.2. The Kier molecular flexibility index (Phi) is 4.18. The Morgan fingerprint density at radius 2 is 2.18 bits per heavy atom. The third-order valence-corrected chi connectivity index (χ3v) is 4.67. The van der Waals surface area contributed by atoms with Crippen molar-refractivity contribution in [2.45, 2.75) is 12.5 Å². The maximum Gasteiger partial charge on any atom is 0.255 e. The standard InChI is InChI=1S/C11H10Cl2INO2/c12-6-3-8(10(14)9(13)4-6)11(17)15-2-1-7(16)5-15/h3-4,7,16H,1-2,5H2. The first kappa shape index (κ1) is 13.4. The van der Waals surface area contributed by atoms with Crippen LogP contribution in [-0.2, 0) is 0 Å². The van der Waals surface area contributed by atoms with Gasteiger partial charge in [0.05, 0.1) is 16.7 Å². The van der Waals surface area contributed by atoms with Crippen molar-refractivity contribution < 1.29 is 9.90 Å². The van der Waals surface area contributed by atoms with Crippen LogP contribution in [0.25, 0.3) is 0 Å². The van der Waals surface area contributed by atoms with Crippen molar-refractivity contribution in [1.29, 1.82) is 0 Å². The number of hydrogen-bond donors (Lipinski definition) is 1. The normalized spacial score (nSPS) is 19.8. The van der Waals surface area contributed by atoms with Crippen molar-refractivity contribution in [3.8, 4) is 0 Å². The van der Waals surface area contributed by atoms with Gasteiger partial charge in [0.15, 0.2) is 0 Å². The van der Waals surface area contributed by atoms with Crippen molar-refractivity contribution in [3.05, 3.63) is 31.3 Å². The van der Waals surface area contributed by atoms with Crippen LogP contribution in [0, 0.1) is 3.57 Å². The highest BCUT2D eigenvalue weighted by Crippen LogP contribution is 2.28. The molecule has 0 aromatic heterocycles. The lowest BCUT2D eigenvalue weighted by atomic mass is 10.2. The highest BCUT2D eigenvalue weighted by Gasteiger charge is 2.27. The van der Waals surface area contributed by atoms with E-state index in [0.717, 1.165) is 0 Å². The summed E-state index contributed by atoms with van der Waals surface area (Å²) in [5.41, 5.74) is 0.497. The van der Waals surface area contributed by atoms with E-state index in [1.807, 2.05) is 22.6 Å². The number of aliphatic hydroxyl groups is 1. The molecule has 6 heteroatoms. The average molecular weight is 386 g/mol. The van der Waals surface area contributed by atoms with E-state index >= 15 is 0 Å². The van der Waals surface area contributed by atoms with Gasteiger partial charge in [-0.2, -0.15) is 0 Å². The molecule has 0 bridgehead atoms. The molecular weight excluding hydrogens is 376 g/mol. The number of amides is 1. The molecule has 0 saturated carbocycles. The summed E-state index contributed by atoms with van der Waals surface area (Å²) in [7, 11) is 0. The quantitative estimate of drug-likeness (QED) is 0.596. The van der Waals surface area contributed by atoms with Crippen LogP contribution >= 0.6 is 45.8 Å². The molecule has 1 N–H and O–H groups in total. The largest absolute Gasteiger partial charge is 0.391 e. The van der Waals surface area contributed by atoms with Crippen molar-refractivity contribution in [2.24, 2.45) is 0 Å². The molecule has 17 heavy (non-hydrogen) atoms. The molecule has 1 aliphatic heterocycles. The molecule has 2 rings (SSSR count). The van der Waals surface area contributed by atoms with Gasteiger partial charge in [-0.15, -0.1) is 0 Å². The zero-order valence-electron chi connectivity index (χ0n) is 8.79. The van der Waals surface area contributed by atoms with Crippen LogP contribution in [-0.4, -0.2) is 35.1 Å². The van der Waals surface area contributed by atoms with Gasteiger partial charge in [0, 0.05) is 21.7 Å². The molecule has 1 aromatic carbocycles. The second-order valence-electron chi connectivity index (χ2n) is 3.94. The number of carbonyl (C=O) groups is 1. The highest BCUT2D eigenvalue weighted by atomic mass is 127. The summed E-state index contributed by atoms with van der Waals surface area (Å²) in [6.07, 6.45) is 0.197. The summed E-state index contributed by atoms with van der Waals surface area (Å²) in [4.78, 5) is 13.8. The highest BCUT2D eigenvalue weighted by molar-refractivity contribution is 14.1. The number of β-amino-alcohol motifs (C(OH)–C–C–N with tert-alkyl or cyclic N) is 1. The SMILES string of the molecule is O=C(c1cc(Cl)cc(Cl)c1I)N1CCC(O)C1. The van der Waals surface area contributed by atoms with Gasteiger partial charge in [0.25, 0.3) is 5.91 Å². The van der Waals surface area contributed by atoms with Crippen molar-refractivity contribution >= 4 is 51.7 Å².